The minimum Gasteiger partial charge on any atom is -0.396 e. The lowest BCUT2D eigenvalue weighted by molar-refractivity contribution is 0.147. The fraction of sp³-hybridized carbons (Fsp3) is 0.667. The van der Waals surface area contributed by atoms with Gasteiger partial charge in [-0.15, -0.1) is 0 Å². The van der Waals surface area contributed by atoms with Crippen molar-refractivity contribution in [2.75, 3.05) is 39.8 Å². The molecule has 1 aromatic carbocycles. The molecule has 1 heterocycles. The Balaban J connectivity index is 1.81. The van der Waals surface area contributed by atoms with Gasteiger partial charge in [0.05, 0.1) is 6.61 Å². The third-order valence-electron chi connectivity index (χ3n) is 5.28. The van der Waals surface area contributed by atoms with E-state index in [9.17, 15) is 5.11 Å². The van der Waals surface area contributed by atoms with E-state index >= 15 is 0 Å². The third kappa shape index (κ3) is 6.61. The highest BCUT2D eigenvalue weighted by Crippen LogP contribution is 2.17. The Morgan fingerprint density at radius 1 is 1.27 bits per heavy atom. The molecule has 1 saturated heterocycles. The predicted octanol–water partition coefficient (Wildman–Crippen LogP) is 2.58. The highest BCUT2D eigenvalue weighted by atomic mass is 16.3. The summed E-state index contributed by atoms with van der Waals surface area (Å²) in [5, 5.41) is 16.6. The first-order valence-electron chi connectivity index (χ1n) is 10.1. The Morgan fingerprint density at radius 2 is 2.08 bits per heavy atom. The number of piperidine rings is 1. The van der Waals surface area contributed by atoms with Gasteiger partial charge in [0, 0.05) is 32.1 Å². The average molecular weight is 361 g/mol. The van der Waals surface area contributed by atoms with Crippen LogP contribution >= 0.6 is 0 Å². The molecule has 0 radical (unpaired) electrons. The van der Waals surface area contributed by atoms with Crippen molar-refractivity contribution < 1.29 is 5.11 Å². The molecule has 2 rings (SSSR count). The predicted molar refractivity (Wildman–Crippen MR) is 110 cm³/mol. The lowest BCUT2D eigenvalue weighted by Crippen LogP contribution is -2.49. The third-order valence-corrected chi connectivity index (χ3v) is 5.28. The molecule has 26 heavy (non-hydrogen) atoms. The lowest BCUT2D eigenvalue weighted by atomic mass is 10.0. The van der Waals surface area contributed by atoms with Crippen LogP contribution in [-0.2, 0) is 0 Å². The molecular formula is C21H36N4O. The molecule has 0 aromatic heterocycles. The summed E-state index contributed by atoms with van der Waals surface area (Å²) in [6.45, 7) is 6.41. The van der Waals surface area contributed by atoms with Crippen molar-refractivity contribution in [2.45, 2.75) is 51.0 Å². The maximum atomic E-state index is 9.71. The number of rotatable bonds is 9. The van der Waals surface area contributed by atoms with Gasteiger partial charge in [-0.1, -0.05) is 50.1 Å². The molecule has 1 aliphatic rings. The number of guanidine groups is 1. The highest BCUT2D eigenvalue weighted by Gasteiger charge is 2.22. The van der Waals surface area contributed by atoms with Crippen molar-refractivity contribution in [3.63, 3.8) is 0 Å². The smallest absolute Gasteiger partial charge is 0.191 e. The number of likely N-dealkylation sites (tertiary alicyclic amines) is 1. The van der Waals surface area contributed by atoms with E-state index in [0.717, 1.165) is 18.1 Å². The molecule has 2 unspecified atom stereocenters. The Labute approximate surface area is 158 Å². The van der Waals surface area contributed by atoms with Crippen LogP contribution in [0.15, 0.2) is 35.3 Å². The molecule has 146 valence electrons. The van der Waals surface area contributed by atoms with Crippen molar-refractivity contribution in [1.29, 1.82) is 0 Å². The summed E-state index contributed by atoms with van der Waals surface area (Å²) in [6, 6.07) is 10.7. The molecule has 1 aromatic rings. The molecule has 0 aliphatic carbocycles. The second-order valence-electron chi connectivity index (χ2n) is 7.16. The molecule has 0 spiro atoms. The summed E-state index contributed by atoms with van der Waals surface area (Å²) in [4.78, 5) is 6.99. The van der Waals surface area contributed by atoms with E-state index in [1.54, 1.807) is 0 Å². The minimum atomic E-state index is 0.0745. The van der Waals surface area contributed by atoms with E-state index in [4.69, 9.17) is 0 Å². The molecule has 0 saturated carbocycles. The fourth-order valence-electron chi connectivity index (χ4n) is 3.61. The molecule has 2 atom stereocenters. The first-order valence-corrected chi connectivity index (χ1v) is 10.1. The largest absolute Gasteiger partial charge is 0.396 e. The van der Waals surface area contributed by atoms with Gasteiger partial charge in [-0.25, -0.2) is 0 Å². The summed E-state index contributed by atoms with van der Waals surface area (Å²) >= 11 is 0. The number of aliphatic imine (C=N–C) groups is 1. The van der Waals surface area contributed by atoms with Gasteiger partial charge in [0.2, 0.25) is 0 Å². The highest BCUT2D eigenvalue weighted by molar-refractivity contribution is 5.79. The van der Waals surface area contributed by atoms with E-state index in [-0.39, 0.29) is 12.5 Å². The van der Waals surface area contributed by atoms with Crippen molar-refractivity contribution in [3.8, 4) is 0 Å². The van der Waals surface area contributed by atoms with Crippen LogP contribution in [0.5, 0.6) is 0 Å². The summed E-state index contributed by atoms with van der Waals surface area (Å²) < 4.78 is 0. The Hall–Kier alpha value is -1.59. The second kappa shape index (κ2) is 11.9. The van der Waals surface area contributed by atoms with Crippen molar-refractivity contribution >= 4 is 5.96 Å². The number of unbranched alkanes of at least 4 members (excludes halogenated alkanes) is 1. The molecule has 1 fully saturated rings. The molecule has 0 bridgehead atoms. The lowest BCUT2D eigenvalue weighted by Gasteiger charge is -2.36. The molecule has 0 amide bonds. The van der Waals surface area contributed by atoms with E-state index in [1.807, 2.05) is 25.2 Å². The SMILES string of the molecule is CCCCN1CCCCC1CNC(=NC)NCC(CO)c1ccccc1. The van der Waals surface area contributed by atoms with Crippen LogP contribution in [0.3, 0.4) is 0 Å². The molecule has 3 N–H and O–H groups in total. The maximum absolute atomic E-state index is 9.71. The quantitative estimate of drug-likeness (QED) is 0.468. The van der Waals surface area contributed by atoms with Crippen LogP contribution in [0.25, 0.3) is 0 Å². The summed E-state index contributed by atoms with van der Waals surface area (Å²) in [6.07, 6.45) is 6.43. The van der Waals surface area contributed by atoms with Crippen LogP contribution in [0.4, 0.5) is 0 Å². The monoisotopic (exact) mass is 360 g/mol. The number of aliphatic hydroxyl groups is 1. The molecule has 1 aliphatic heterocycles. The van der Waals surface area contributed by atoms with Gasteiger partial charge in [-0.2, -0.15) is 0 Å². The van der Waals surface area contributed by atoms with E-state index in [0.29, 0.717) is 12.6 Å². The fourth-order valence-corrected chi connectivity index (χ4v) is 3.61. The first-order chi connectivity index (χ1) is 12.8. The van der Waals surface area contributed by atoms with Crippen molar-refractivity contribution in [1.82, 2.24) is 15.5 Å². The zero-order valence-corrected chi connectivity index (χ0v) is 16.5. The van der Waals surface area contributed by atoms with Gasteiger partial charge < -0.3 is 15.7 Å². The van der Waals surface area contributed by atoms with Gasteiger partial charge in [-0.05, 0) is 37.9 Å². The molecular weight excluding hydrogens is 324 g/mol. The van der Waals surface area contributed by atoms with Gasteiger partial charge >= 0.3 is 0 Å². The van der Waals surface area contributed by atoms with Crippen molar-refractivity contribution in [2.24, 2.45) is 4.99 Å². The van der Waals surface area contributed by atoms with Crippen LogP contribution in [0, 0.1) is 0 Å². The maximum Gasteiger partial charge on any atom is 0.191 e. The number of hydrogen-bond donors (Lipinski definition) is 3. The normalized spacial score (nSPS) is 20.0. The standard InChI is InChI=1S/C21H36N4O/c1-3-4-13-25-14-9-8-12-20(25)16-24-21(22-2)23-15-19(17-26)18-10-6-5-7-11-18/h5-7,10-11,19-20,26H,3-4,8-9,12-17H2,1-2H3,(H2,22,23,24). The van der Waals surface area contributed by atoms with Gasteiger partial charge in [0.15, 0.2) is 5.96 Å². The first kappa shape index (κ1) is 20.7. The number of nitrogens with one attached hydrogen (secondary N) is 2. The topological polar surface area (TPSA) is 59.9 Å². The number of benzene rings is 1. The van der Waals surface area contributed by atoms with Crippen LogP contribution < -0.4 is 10.6 Å². The van der Waals surface area contributed by atoms with E-state index < -0.39 is 0 Å². The number of aliphatic hydroxyl groups excluding tert-OH is 1. The van der Waals surface area contributed by atoms with Crippen LogP contribution in [0.2, 0.25) is 0 Å². The second-order valence-corrected chi connectivity index (χ2v) is 7.16. The minimum absolute atomic E-state index is 0.0745. The van der Waals surface area contributed by atoms with E-state index in [2.05, 4.69) is 39.6 Å². The number of hydrogen-bond acceptors (Lipinski definition) is 3. The van der Waals surface area contributed by atoms with Gasteiger partial charge in [0.25, 0.3) is 0 Å². The summed E-state index contributed by atoms with van der Waals surface area (Å²) in [5.74, 6) is 0.894. The average Bonchev–Trinajstić information content (AvgIpc) is 2.70. The van der Waals surface area contributed by atoms with Gasteiger partial charge in [0.1, 0.15) is 0 Å². The van der Waals surface area contributed by atoms with Crippen LogP contribution in [0.1, 0.15) is 50.5 Å². The summed E-state index contributed by atoms with van der Waals surface area (Å²) in [7, 11) is 1.81. The molecule has 5 heteroatoms. The Kier molecular flexibility index (Phi) is 9.50. The van der Waals surface area contributed by atoms with Gasteiger partial charge in [-0.3, -0.25) is 9.89 Å². The van der Waals surface area contributed by atoms with E-state index in [1.165, 1.54) is 45.2 Å². The number of nitrogens with zero attached hydrogens (tertiary/aromatic N) is 2. The van der Waals surface area contributed by atoms with Crippen molar-refractivity contribution in [3.05, 3.63) is 35.9 Å². The zero-order valence-electron chi connectivity index (χ0n) is 16.5. The Bertz CT molecular complexity index is 520. The zero-order chi connectivity index (χ0) is 18.6. The summed E-state index contributed by atoms with van der Waals surface area (Å²) in [5.41, 5.74) is 1.15. The molecule has 5 nitrogen and oxygen atoms in total. The van der Waals surface area contributed by atoms with Crippen LogP contribution in [-0.4, -0.2) is 61.8 Å². The Morgan fingerprint density at radius 3 is 2.77 bits per heavy atom.